The molecule has 2 aromatic carbocycles. The number of nitrogens with zero attached hydrogens (tertiary/aromatic N) is 2. The van der Waals surface area contributed by atoms with Gasteiger partial charge < -0.3 is 10.2 Å². The Hall–Kier alpha value is -2.05. The van der Waals surface area contributed by atoms with Crippen molar-refractivity contribution in [3.05, 3.63) is 42.0 Å². The molecule has 0 spiro atoms. The monoisotopic (exact) mass is 251 g/mol. The van der Waals surface area contributed by atoms with E-state index in [1.807, 2.05) is 24.3 Å². The van der Waals surface area contributed by atoms with Crippen molar-refractivity contribution in [1.29, 1.82) is 5.26 Å². The highest BCUT2D eigenvalue weighted by Crippen LogP contribution is 2.29. The molecular formula is C16H17N3. The van der Waals surface area contributed by atoms with E-state index >= 15 is 0 Å². The molecule has 0 unspecified atom stereocenters. The van der Waals surface area contributed by atoms with Crippen LogP contribution in [0.25, 0.3) is 10.8 Å². The lowest BCUT2D eigenvalue weighted by molar-refractivity contribution is 0.485. The van der Waals surface area contributed by atoms with Crippen molar-refractivity contribution >= 4 is 16.5 Å². The van der Waals surface area contributed by atoms with Crippen LogP contribution in [0, 0.1) is 11.3 Å². The van der Waals surface area contributed by atoms with Crippen LogP contribution >= 0.6 is 0 Å². The fraction of sp³-hybridized carbons (Fsp3) is 0.312. The van der Waals surface area contributed by atoms with Crippen molar-refractivity contribution in [2.45, 2.75) is 13.0 Å². The van der Waals surface area contributed by atoms with E-state index in [0.717, 1.165) is 30.6 Å². The van der Waals surface area contributed by atoms with Gasteiger partial charge in [0.1, 0.15) is 0 Å². The highest BCUT2D eigenvalue weighted by atomic mass is 15.2. The lowest BCUT2D eigenvalue weighted by Crippen LogP contribution is -2.49. The quantitative estimate of drug-likeness (QED) is 0.846. The second kappa shape index (κ2) is 4.91. The Labute approximate surface area is 113 Å². The molecule has 3 heteroatoms. The summed E-state index contributed by atoms with van der Waals surface area (Å²) >= 11 is 0. The van der Waals surface area contributed by atoms with Crippen molar-refractivity contribution in [3.8, 4) is 6.07 Å². The summed E-state index contributed by atoms with van der Waals surface area (Å²) in [6.07, 6.45) is 0. The topological polar surface area (TPSA) is 39.1 Å². The van der Waals surface area contributed by atoms with Crippen LogP contribution in [-0.4, -0.2) is 25.7 Å². The number of hydrogen-bond donors (Lipinski definition) is 1. The maximum Gasteiger partial charge on any atom is 0.0998 e. The van der Waals surface area contributed by atoms with Gasteiger partial charge in [-0.05, 0) is 19.1 Å². The van der Waals surface area contributed by atoms with Crippen LogP contribution in [0.2, 0.25) is 0 Å². The zero-order valence-corrected chi connectivity index (χ0v) is 11.1. The lowest BCUT2D eigenvalue weighted by Gasteiger charge is -2.34. The molecule has 1 aliphatic heterocycles. The van der Waals surface area contributed by atoms with E-state index in [1.165, 1.54) is 11.1 Å². The van der Waals surface area contributed by atoms with Crippen molar-refractivity contribution in [1.82, 2.24) is 5.32 Å². The molecule has 19 heavy (non-hydrogen) atoms. The number of piperazine rings is 1. The zero-order chi connectivity index (χ0) is 13.2. The van der Waals surface area contributed by atoms with E-state index in [0.29, 0.717) is 6.04 Å². The Morgan fingerprint density at radius 1 is 1.21 bits per heavy atom. The molecule has 1 fully saturated rings. The van der Waals surface area contributed by atoms with E-state index in [4.69, 9.17) is 0 Å². The minimum atomic E-state index is 0.503. The molecule has 1 aliphatic rings. The van der Waals surface area contributed by atoms with Gasteiger partial charge in [-0.2, -0.15) is 5.26 Å². The summed E-state index contributed by atoms with van der Waals surface area (Å²) in [5, 5.41) is 14.9. The average molecular weight is 251 g/mol. The Bertz CT molecular complexity index is 642. The summed E-state index contributed by atoms with van der Waals surface area (Å²) in [7, 11) is 0. The maximum atomic E-state index is 9.21. The predicted octanol–water partition coefficient (Wildman–Crippen LogP) is 2.51. The van der Waals surface area contributed by atoms with Crippen molar-refractivity contribution in [2.24, 2.45) is 0 Å². The molecule has 1 saturated heterocycles. The van der Waals surface area contributed by atoms with E-state index < -0.39 is 0 Å². The van der Waals surface area contributed by atoms with Gasteiger partial charge in [-0.15, -0.1) is 0 Å². The Balaban J connectivity index is 2.12. The molecule has 1 heterocycles. The van der Waals surface area contributed by atoms with Crippen LogP contribution in [0.4, 0.5) is 5.69 Å². The fourth-order valence-corrected chi connectivity index (χ4v) is 2.81. The first-order valence-corrected chi connectivity index (χ1v) is 6.70. The molecule has 96 valence electrons. The number of rotatable bonds is 1. The van der Waals surface area contributed by atoms with Gasteiger partial charge in [0.2, 0.25) is 0 Å². The normalized spacial score (nSPS) is 19.4. The van der Waals surface area contributed by atoms with Gasteiger partial charge in [-0.3, -0.25) is 0 Å². The second-order valence-electron chi connectivity index (χ2n) is 5.09. The average Bonchev–Trinajstić information content (AvgIpc) is 2.46. The van der Waals surface area contributed by atoms with Gasteiger partial charge in [-0.1, -0.05) is 24.3 Å². The van der Waals surface area contributed by atoms with E-state index in [-0.39, 0.29) is 0 Å². The van der Waals surface area contributed by atoms with Crippen molar-refractivity contribution < 1.29 is 0 Å². The van der Waals surface area contributed by atoms with Crippen LogP contribution in [-0.2, 0) is 0 Å². The Morgan fingerprint density at radius 3 is 2.74 bits per heavy atom. The van der Waals surface area contributed by atoms with Gasteiger partial charge in [0.25, 0.3) is 0 Å². The number of nitriles is 1. The highest BCUT2D eigenvalue weighted by molar-refractivity contribution is 5.97. The number of anilines is 1. The molecule has 2 aromatic rings. The molecule has 1 N–H and O–H groups in total. The largest absolute Gasteiger partial charge is 0.368 e. The molecule has 0 aliphatic carbocycles. The van der Waals surface area contributed by atoms with Crippen molar-refractivity contribution in [2.75, 3.05) is 24.5 Å². The van der Waals surface area contributed by atoms with E-state index in [2.05, 4.69) is 35.3 Å². The molecule has 0 aromatic heterocycles. The number of fused-ring (bicyclic) bond motifs is 1. The molecule has 0 bridgehead atoms. The second-order valence-corrected chi connectivity index (χ2v) is 5.09. The summed E-state index contributed by atoms with van der Waals surface area (Å²) < 4.78 is 0. The van der Waals surface area contributed by atoms with Gasteiger partial charge >= 0.3 is 0 Å². The van der Waals surface area contributed by atoms with Crippen LogP contribution < -0.4 is 10.2 Å². The van der Waals surface area contributed by atoms with Crippen LogP contribution in [0.1, 0.15) is 12.5 Å². The molecule has 3 nitrogen and oxygen atoms in total. The van der Waals surface area contributed by atoms with Gasteiger partial charge in [0, 0.05) is 42.1 Å². The van der Waals surface area contributed by atoms with Crippen LogP contribution in [0.5, 0.6) is 0 Å². The zero-order valence-electron chi connectivity index (χ0n) is 11.1. The third-order valence-corrected chi connectivity index (χ3v) is 3.73. The van der Waals surface area contributed by atoms with Gasteiger partial charge in [0.05, 0.1) is 11.6 Å². The predicted molar refractivity (Wildman–Crippen MR) is 78.3 cm³/mol. The number of hydrogen-bond acceptors (Lipinski definition) is 3. The third kappa shape index (κ3) is 2.16. The fourth-order valence-electron chi connectivity index (χ4n) is 2.81. The van der Waals surface area contributed by atoms with Gasteiger partial charge in [0.15, 0.2) is 0 Å². The lowest BCUT2D eigenvalue weighted by atomic mass is 10.0. The van der Waals surface area contributed by atoms with Crippen LogP contribution in [0.3, 0.4) is 0 Å². The summed E-state index contributed by atoms with van der Waals surface area (Å²) in [5.41, 5.74) is 1.99. The first kappa shape index (κ1) is 12.0. The Kier molecular flexibility index (Phi) is 3.10. The first-order chi connectivity index (χ1) is 9.29. The SMILES string of the molecule is C[C@H]1CN(c2ccc(C#N)c3ccccc23)CCN1. The minimum absolute atomic E-state index is 0.503. The van der Waals surface area contributed by atoms with Crippen LogP contribution in [0.15, 0.2) is 36.4 Å². The minimum Gasteiger partial charge on any atom is -0.368 e. The standard InChI is InChI=1S/C16H17N3/c1-12-11-19(9-8-18-12)16-7-6-13(10-17)14-4-2-3-5-15(14)16/h2-7,12,18H,8-9,11H2,1H3/t12-/m0/s1. The molecule has 1 atom stereocenters. The third-order valence-electron chi connectivity index (χ3n) is 3.73. The summed E-state index contributed by atoms with van der Waals surface area (Å²) in [5.74, 6) is 0. The smallest absolute Gasteiger partial charge is 0.0998 e. The number of benzene rings is 2. The summed E-state index contributed by atoms with van der Waals surface area (Å²) in [6.45, 7) is 5.24. The molecule has 3 rings (SSSR count). The Morgan fingerprint density at radius 2 is 2.00 bits per heavy atom. The van der Waals surface area contributed by atoms with Crippen molar-refractivity contribution in [3.63, 3.8) is 0 Å². The van der Waals surface area contributed by atoms with Gasteiger partial charge in [-0.25, -0.2) is 0 Å². The first-order valence-electron chi connectivity index (χ1n) is 6.70. The molecule has 0 radical (unpaired) electrons. The number of nitrogens with one attached hydrogen (secondary N) is 1. The molecule has 0 amide bonds. The highest BCUT2D eigenvalue weighted by Gasteiger charge is 2.18. The summed E-state index contributed by atoms with van der Waals surface area (Å²) in [6, 6.07) is 15.0. The molecule has 0 saturated carbocycles. The molecular weight excluding hydrogens is 234 g/mol. The van der Waals surface area contributed by atoms with E-state index in [9.17, 15) is 5.26 Å². The van der Waals surface area contributed by atoms with E-state index in [1.54, 1.807) is 0 Å². The maximum absolute atomic E-state index is 9.21. The summed E-state index contributed by atoms with van der Waals surface area (Å²) in [4.78, 5) is 2.41.